The molecule has 1 heterocycles. The maximum absolute atomic E-state index is 11.3. The molecule has 1 amide bonds. The molecule has 1 aliphatic heterocycles. The van der Waals surface area contributed by atoms with Gasteiger partial charge in [0.25, 0.3) is 5.91 Å². The van der Waals surface area contributed by atoms with Crippen molar-refractivity contribution in [3.63, 3.8) is 0 Å². The van der Waals surface area contributed by atoms with Crippen molar-refractivity contribution in [1.82, 2.24) is 5.06 Å². The van der Waals surface area contributed by atoms with Crippen molar-refractivity contribution >= 4 is 5.91 Å². The predicted molar refractivity (Wildman–Crippen MR) is 44.7 cm³/mol. The largest absolute Gasteiger partial charge is 0.497 e. The highest BCUT2D eigenvalue weighted by molar-refractivity contribution is 5.97. The Kier molecular flexibility index (Phi) is 1.70. The number of hydrogen-bond donors (Lipinski definition) is 1. The molecule has 13 heavy (non-hydrogen) atoms. The number of hydroxylamine groups is 2. The summed E-state index contributed by atoms with van der Waals surface area (Å²) in [4.78, 5) is 11.3. The standard InChI is InChI=1S/C9H9NO3/c1-13-7-3-2-6-5-10(12)9(11)8(6)4-7/h2-4,12H,5H2,1H3. The molecule has 0 aliphatic carbocycles. The molecule has 4 nitrogen and oxygen atoms in total. The van der Waals surface area contributed by atoms with Crippen LogP contribution in [0.15, 0.2) is 18.2 Å². The average molecular weight is 179 g/mol. The molecule has 1 aromatic rings. The van der Waals surface area contributed by atoms with Crippen LogP contribution in [0.25, 0.3) is 0 Å². The van der Waals surface area contributed by atoms with Crippen molar-refractivity contribution in [2.75, 3.05) is 7.11 Å². The van der Waals surface area contributed by atoms with Gasteiger partial charge in [0.05, 0.1) is 19.2 Å². The first kappa shape index (κ1) is 8.07. The number of amides is 1. The van der Waals surface area contributed by atoms with Crippen LogP contribution in [0.4, 0.5) is 0 Å². The van der Waals surface area contributed by atoms with E-state index in [9.17, 15) is 4.79 Å². The van der Waals surface area contributed by atoms with Crippen LogP contribution in [-0.2, 0) is 6.54 Å². The molecule has 0 aromatic heterocycles. The van der Waals surface area contributed by atoms with Crippen LogP contribution in [0.3, 0.4) is 0 Å². The van der Waals surface area contributed by atoms with Gasteiger partial charge in [0.1, 0.15) is 5.75 Å². The zero-order valence-corrected chi connectivity index (χ0v) is 7.15. The maximum Gasteiger partial charge on any atom is 0.278 e. The molecule has 0 fully saturated rings. The third-order valence-corrected chi connectivity index (χ3v) is 2.10. The van der Waals surface area contributed by atoms with Gasteiger partial charge in [-0.1, -0.05) is 6.07 Å². The van der Waals surface area contributed by atoms with Gasteiger partial charge in [-0.05, 0) is 17.7 Å². The normalized spacial score (nSPS) is 14.6. The molecule has 1 N–H and O–H groups in total. The fourth-order valence-electron chi connectivity index (χ4n) is 1.39. The average Bonchev–Trinajstić information content (AvgIpc) is 2.43. The van der Waals surface area contributed by atoms with E-state index in [2.05, 4.69) is 0 Å². The summed E-state index contributed by atoms with van der Waals surface area (Å²) in [6.45, 7) is 0.262. The Morgan fingerprint density at radius 2 is 2.31 bits per heavy atom. The van der Waals surface area contributed by atoms with Crippen molar-refractivity contribution < 1.29 is 14.7 Å². The van der Waals surface area contributed by atoms with E-state index in [1.54, 1.807) is 18.2 Å². The Morgan fingerprint density at radius 1 is 1.54 bits per heavy atom. The summed E-state index contributed by atoms with van der Waals surface area (Å²) in [7, 11) is 1.54. The Hall–Kier alpha value is -1.55. The van der Waals surface area contributed by atoms with Crippen LogP contribution < -0.4 is 4.74 Å². The molecule has 0 radical (unpaired) electrons. The highest BCUT2D eigenvalue weighted by atomic mass is 16.5. The van der Waals surface area contributed by atoms with Gasteiger partial charge >= 0.3 is 0 Å². The minimum Gasteiger partial charge on any atom is -0.497 e. The minimum atomic E-state index is -0.367. The SMILES string of the molecule is COc1ccc2c(c1)C(=O)N(O)C2. The van der Waals surface area contributed by atoms with Crippen LogP contribution in [-0.4, -0.2) is 23.3 Å². The lowest BCUT2D eigenvalue weighted by Crippen LogP contribution is -2.18. The number of nitrogens with zero attached hydrogens (tertiary/aromatic N) is 1. The van der Waals surface area contributed by atoms with Crippen LogP contribution in [0.1, 0.15) is 15.9 Å². The third-order valence-electron chi connectivity index (χ3n) is 2.10. The quantitative estimate of drug-likeness (QED) is 0.655. The van der Waals surface area contributed by atoms with E-state index >= 15 is 0 Å². The summed E-state index contributed by atoms with van der Waals surface area (Å²) in [6.07, 6.45) is 0. The maximum atomic E-state index is 11.3. The molecule has 0 spiro atoms. The fourth-order valence-corrected chi connectivity index (χ4v) is 1.39. The van der Waals surface area contributed by atoms with E-state index < -0.39 is 0 Å². The molecule has 2 rings (SSSR count). The first-order valence-corrected chi connectivity index (χ1v) is 3.90. The Bertz CT molecular complexity index is 362. The number of hydrogen-bond acceptors (Lipinski definition) is 3. The summed E-state index contributed by atoms with van der Waals surface area (Å²) < 4.78 is 4.97. The number of carbonyl (C=O) groups is 1. The van der Waals surface area contributed by atoms with Crippen molar-refractivity contribution in [3.8, 4) is 5.75 Å². The van der Waals surface area contributed by atoms with Crippen molar-refractivity contribution in [1.29, 1.82) is 0 Å². The van der Waals surface area contributed by atoms with E-state index in [1.807, 2.05) is 0 Å². The molecule has 0 bridgehead atoms. The molecule has 4 heteroatoms. The van der Waals surface area contributed by atoms with Gasteiger partial charge in [-0.25, -0.2) is 5.06 Å². The second-order valence-electron chi connectivity index (χ2n) is 2.89. The van der Waals surface area contributed by atoms with E-state index in [1.165, 1.54) is 7.11 Å². The van der Waals surface area contributed by atoms with Gasteiger partial charge in [-0.15, -0.1) is 0 Å². The number of methoxy groups -OCH3 is 1. The van der Waals surface area contributed by atoms with Crippen LogP contribution in [0.2, 0.25) is 0 Å². The first-order valence-electron chi connectivity index (χ1n) is 3.90. The van der Waals surface area contributed by atoms with Crippen LogP contribution in [0.5, 0.6) is 5.75 Å². The molecule has 0 saturated heterocycles. The van der Waals surface area contributed by atoms with Gasteiger partial charge in [0.2, 0.25) is 0 Å². The number of fused-ring (bicyclic) bond motifs is 1. The molecule has 0 atom stereocenters. The van der Waals surface area contributed by atoms with Crippen molar-refractivity contribution in [2.45, 2.75) is 6.54 Å². The monoisotopic (exact) mass is 179 g/mol. The van der Waals surface area contributed by atoms with Gasteiger partial charge in [-0.2, -0.15) is 0 Å². The number of carbonyl (C=O) groups excluding carboxylic acids is 1. The number of benzene rings is 1. The van der Waals surface area contributed by atoms with Crippen LogP contribution >= 0.6 is 0 Å². The van der Waals surface area contributed by atoms with Gasteiger partial charge < -0.3 is 4.74 Å². The molecule has 0 unspecified atom stereocenters. The predicted octanol–water partition coefficient (Wildman–Crippen LogP) is 1.04. The minimum absolute atomic E-state index is 0.262. The summed E-state index contributed by atoms with van der Waals surface area (Å²) in [5.74, 6) is 0.260. The Morgan fingerprint density at radius 3 is 3.00 bits per heavy atom. The van der Waals surface area contributed by atoms with E-state index in [0.717, 1.165) is 5.56 Å². The van der Waals surface area contributed by atoms with Crippen LogP contribution in [0, 0.1) is 0 Å². The van der Waals surface area contributed by atoms with E-state index in [4.69, 9.17) is 9.94 Å². The third kappa shape index (κ3) is 1.15. The van der Waals surface area contributed by atoms with Crippen molar-refractivity contribution in [3.05, 3.63) is 29.3 Å². The molecular formula is C9H9NO3. The highest BCUT2D eigenvalue weighted by Crippen LogP contribution is 2.25. The van der Waals surface area contributed by atoms with Gasteiger partial charge in [-0.3, -0.25) is 10.0 Å². The highest BCUT2D eigenvalue weighted by Gasteiger charge is 2.26. The second kappa shape index (κ2) is 2.74. The van der Waals surface area contributed by atoms with Gasteiger partial charge in [0.15, 0.2) is 0 Å². The molecule has 1 aliphatic rings. The number of ether oxygens (including phenoxy) is 1. The lowest BCUT2D eigenvalue weighted by molar-refractivity contribution is -0.0579. The first-order chi connectivity index (χ1) is 6.22. The summed E-state index contributed by atoms with van der Waals surface area (Å²) in [6, 6.07) is 5.18. The lowest BCUT2D eigenvalue weighted by Gasteiger charge is -2.02. The molecule has 1 aromatic carbocycles. The molecule has 68 valence electrons. The van der Waals surface area contributed by atoms with Gasteiger partial charge in [0, 0.05) is 0 Å². The number of rotatable bonds is 1. The lowest BCUT2D eigenvalue weighted by atomic mass is 10.1. The smallest absolute Gasteiger partial charge is 0.278 e. The summed E-state index contributed by atoms with van der Waals surface area (Å²) in [5.41, 5.74) is 1.34. The zero-order valence-electron chi connectivity index (χ0n) is 7.15. The van der Waals surface area contributed by atoms with E-state index in [-0.39, 0.29) is 12.5 Å². The topological polar surface area (TPSA) is 49.8 Å². The zero-order chi connectivity index (χ0) is 9.42. The Balaban J connectivity index is 2.48. The summed E-state index contributed by atoms with van der Waals surface area (Å²) in [5, 5.41) is 9.82. The second-order valence-corrected chi connectivity index (χ2v) is 2.89. The Labute approximate surface area is 75.3 Å². The summed E-state index contributed by atoms with van der Waals surface area (Å²) >= 11 is 0. The molecule has 0 saturated carbocycles. The molecular weight excluding hydrogens is 170 g/mol. The van der Waals surface area contributed by atoms with Crippen molar-refractivity contribution in [2.24, 2.45) is 0 Å². The van der Waals surface area contributed by atoms with E-state index in [0.29, 0.717) is 16.4 Å². The fraction of sp³-hybridized carbons (Fsp3) is 0.222.